The lowest BCUT2D eigenvalue weighted by molar-refractivity contribution is -0.137. The maximum atomic E-state index is 14.4. The third-order valence-electron chi connectivity index (χ3n) is 19.0. The van der Waals surface area contributed by atoms with E-state index in [9.17, 15) is 48.3 Å². The number of alkyl halides is 3. The molecule has 22 nitrogen and oxygen atoms in total. The van der Waals surface area contributed by atoms with Gasteiger partial charge in [0.05, 0.1) is 89.3 Å². The van der Waals surface area contributed by atoms with Gasteiger partial charge < -0.3 is 9.47 Å². The van der Waals surface area contributed by atoms with Crippen molar-refractivity contribution < 1.29 is 57.8 Å². The Labute approximate surface area is 717 Å². The first-order chi connectivity index (χ1) is 60.4. The number of fused-ring (bicyclic) bond motifs is 5. The van der Waals surface area contributed by atoms with E-state index in [2.05, 4.69) is 75.3 Å². The molecule has 0 aliphatic carbocycles. The maximum Gasteiger partial charge on any atom is 0.416 e. The van der Waals surface area contributed by atoms with Crippen LogP contribution in [-0.2, 0) is 6.18 Å². The predicted octanol–water partition coefficient (Wildman–Crippen LogP) is 22.1. The number of pyridine rings is 10. The molecule has 0 N–H and O–H groups in total. The molecule has 15 aromatic heterocycles. The molecular weight excluding hydrogens is 1720 g/mol. The second-order valence-corrected chi connectivity index (χ2v) is 28.5. The third-order valence-corrected chi connectivity index (χ3v) is 20.1. The quantitative estimate of drug-likeness (QED) is 0.0817. The summed E-state index contributed by atoms with van der Waals surface area (Å²) in [6, 6.07) is 44.9. The summed E-state index contributed by atoms with van der Waals surface area (Å²) in [7, 11) is 3.06. The van der Waals surface area contributed by atoms with Crippen molar-refractivity contribution in [3.8, 4) is 123 Å². The van der Waals surface area contributed by atoms with Crippen LogP contribution in [0, 0.1) is 46.5 Å². The molecule has 0 aliphatic rings. The van der Waals surface area contributed by atoms with Gasteiger partial charge >= 0.3 is 6.18 Å². The van der Waals surface area contributed by atoms with E-state index in [1.54, 1.807) is 135 Å². The van der Waals surface area contributed by atoms with Gasteiger partial charge in [-0.2, -0.15) is 38.7 Å². The topological polar surface area (TPSA) is 234 Å². The van der Waals surface area contributed by atoms with Gasteiger partial charge in [-0.05, 0) is 192 Å². The fourth-order valence-corrected chi connectivity index (χ4v) is 13.8. The van der Waals surface area contributed by atoms with Crippen LogP contribution in [0.15, 0.2) is 276 Å². The molecule has 620 valence electrons. The van der Waals surface area contributed by atoms with Crippen LogP contribution in [0.3, 0.4) is 0 Å². The minimum absolute atomic E-state index is 0.0162. The van der Waals surface area contributed by atoms with E-state index in [4.69, 9.17) is 55.9 Å². The van der Waals surface area contributed by atoms with Crippen molar-refractivity contribution in [3.05, 3.63) is 348 Å². The van der Waals surface area contributed by atoms with Crippen molar-refractivity contribution in [2.24, 2.45) is 0 Å². The first-order valence-electron chi connectivity index (χ1n) is 36.6. The molecule has 15 heterocycles. The normalized spacial score (nSPS) is 11.2. The molecule has 0 aliphatic heterocycles. The fraction of sp³-hybridized carbons (Fsp3) is 0.0341. The molecule has 20 rings (SSSR count). The number of hydrogen-bond donors (Lipinski definition) is 0. The Bertz CT molecular complexity index is 7460. The van der Waals surface area contributed by atoms with Crippen LogP contribution in [0.4, 0.5) is 48.3 Å². The van der Waals surface area contributed by atoms with Crippen LogP contribution in [0.1, 0.15) is 5.56 Å². The first-order valence-corrected chi connectivity index (χ1v) is 38.1. The molecule has 0 spiro atoms. The first kappa shape index (κ1) is 83.6. The van der Waals surface area contributed by atoms with E-state index in [1.807, 2.05) is 18.2 Å². The highest BCUT2D eigenvalue weighted by Gasteiger charge is 2.31. The molecule has 0 bridgehead atoms. The average molecular weight is 1770 g/mol. The van der Waals surface area contributed by atoms with Gasteiger partial charge in [-0.25, -0.2) is 82.6 Å². The summed E-state index contributed by atoms with van der Waals surface area (Å²) in [5.74, 6) is -3.62. The lowest BCUT2D eigenvalue weighted by Crippen LogP contribution is -2.04. The number of nitrogens with zero attached hydrogens (tertiary/aromatic N) is 20. The van der Waals surface area contributed by atoms with Crippen LogP contribution in [0.5, 0.6) is 11.5 Å². The maximum absolute atomic E-state index is 14.4. The summed E-state index contributed by atoms with van der Waals surface area (Å²) < 4.78 is 169. The minimum atomic E-state index is -4.43. The second-order valence-electron chi connectivity index (χ2n) is 26.8. The summed E-state index contributed by atoms with van der Waals surface area (Å²) in [5.41, 5.74) is 11.8. The van der Waals surface area contributed by atoms with E-state index in [0.717, 1.165) is 53.5 Å². The molecule has 37 heteroatoms. The van der Waals surface area contributed by atoms with Gasteiger partial charge in [0, 0.05) is 103 Å². The average Bonchev–Trinajstić information content (AvgIpc) is 1.78. The van der Waals surface area contributed by atoms with Crippen LogP contribution in [0.2, 0.25) is 20.1 Å². The van der Waals surface area contributed by atoms with Crippen molar-refractivity contribution in [2.75, 3.05) is 14.2 Å². The summed E-state index contributed by atoms with van der Waals surface area (Å²) in [6.07, 6.45) is 17.4. The number of methoxy groups -OCH3 is 2. The van der Waals surface area contributed by atoms with Crippen LogP contribution < -0.4 is 9.47 Å². The zero-order valence-corrected chi connectivity index (χ0v) is 66.9. The zero-order valence-electron chi connectivity index (χ0n) is 63.9. The Morgan fingerprint density at radius 3 is 0.984 bits per heavy atom. The van der Waals surface area contributed by atoms with E-state index in [0.29, 0.717) is 134 Å². The monoisotopic (exact) mass is 1770 g/mol. The summed E-state index contributed by atoms with van der Waals surface area (Å²) >= 11 is 23.6. The molecule has 5 aromatic carbocycles. The lowest BCUT2D eigenvalue weighted by atomic mass is 9.98. The molecule has 0 saturated carbocycles. The Morgan fingerprint density at radius 2 is 0.600 bits per heavy atom. The summed E-state index contributed by atoms with van der Waals surface area (Å²) in [5, 5.41) is 20.7. The molecular formula is C88H51Cl4F11N20O2. The standard InChI is InChI=1S/C19H13F3N4O.C18H12ClFN4O.C17H8ClF3N4.2C17H9ClF2N4/c1-27-15-9-16(12-5-6-26-17(8-12)24-11-25-26)18(23-10-15)13-3-2-4-14(7-13)19(20,21)22;1-25-13-8-14(11-4-5-24-17(6-11)22-10-23-24)18(21-9-13)15-7-12(19)2-3-16(15)20;18-13-5-12(14(20)6-15(13)21)17-11(4-10(19)7-22-17)9-1-2-25-16(3-9)23-8-24-25;18-14-5-11(1-2-15(14)20)17-13(7-12(19)8-21-17)10-3-4-24-16(6-10)22-9-23-24;18-11-1-2-15(20)14(6-11)17-13(7-12(19)8-21-17)10-3-4-24-16(5-10)22-9-23-24/h2-11H,1H3;2-10H,1H3;1-8H;2*1-9H. The Kier molecular flexibility index (Phi) is 24.0. The van der Waals surface area contributed by atoms with Crippen LogP contribution >= 0.6 is 46.4 Å². The number of ether oxygens (including phenoxy) is 2. The molecule has 0 amide bonds. The molecule has 0 unspecified atom stereocenters. The van der Waals surface area contributed by atoms with Gasteiger partial charge in [-0.1, -0.05) is 58.5 Å². The van der Waals surface area contributed by atoms with Crippen molar-refractivity contribution in [1.82, 2.24) is 97.9 Å². The van der Waals surface area contributed by atoms with E-state index >= 15 is 0 Å². The van der Waals surface area contributed by atoms with Crippen molar-refractivity contribution in [1.29, 1.82) is 0 Å². The number of benzene rings is 5. The van der Waals surface area contributed by atoms with E-state index < -0.39 is 58.3 Å². The van der Waals surface area contributed by atoms with Crippen molar-refractivity contribution >= 4 is 74.6 Å². The highest BCUT2D eigenvalue weighted by atomic mass is 35.5. The molecule has 0 saturated heterocycles. The second kappa shape index (κ2) is 35.9. The summed E-state index contributed by atoms with van der Waals surface area (Å²) in [4.78, 5) is 41.6. The Morgan fingerprint density at radius 1 is 0.272 bits per heavy atom. The number of rotatable bonds is 12. The van der Waals surface area contributed by atoms with E-state index in [1.165, 1.54) is 116 Å². The molecule has 20 aromatic rings. The van der Waals surface area contributed by atoms with Gasteiger partial charge in [0.1, 0.15) is 89.7 Å². The van der Waals surface area contributed by atoms with Crippen molar-refractivity contribution in [3.63, 3.8) is 0 Å². The van der Waals surface area contributed by atoms with Crippen LogP contribution in [0.25, 0.3) is 140 Å². The smallest absolute Gasteiger partial charge is 0.416 e. The Hall–Kier alpha value is -15.1. The largest absolute Gasteiger partial charge is 0.495 e. The minimum Gasteiger partial charge on any atom is -0.495 e. The SMILES string of the molecule is COc1cnc(-c2cc(Cl)ccc2F)c(-c2ccn3ncnc3c2)c1.COc1cnc(-c2cccc(C(F)(F)F)c2)c(-c2ccn3ncnc3c2)c1.Fc1cnc(-c2cc(Cl)c(F)cc2F)c(-c2ccn3ncnc3c2)c1.Fc1cnc(-c2cc(Cl)ccc2F)c(-c2ccn3ncnc3c2)c1.Fc1cnc(-c2ccc(F)c(Cl)c2)c(-c2ccn3ncnc3c2)c1. The van der Waals surface area contributed by atoms with Gasteiger partial charge in [0.15, 0.2) is 28.2 Å². The van der Waals surface area contributed by atoms with Gasteiger partial charge in [0.25, 0.3) is 0 Å². The molecule has 0 atom stereocenters. The van der Waals surface area contributed by atoms with Gasteiger partial charge in [0.2, 0.25) is 0 Å². The van der Waals surface area contributed by atoms with Gasteiger partial charge in [-0.15, -0.1) is 0 Å². The molecule has 125 heavy (non-hydrogen) atoms. The third kappa shape index (κ3) is 18.4. The Balaban J connectivity index is 0.000000115. The number of halogens is 15. The molecule has 0 radical (unpaired) electrons. The predicted molar refractivity (Wildman–Crippen MR) is 446 cm³/mol. The number of aromatic nitrogens is 20. The molecule has 0 fully saturated rings. The van der Waals surface area contributed by atoms with Crippen LogP contribution in [-0.4, -0.2) is 112 Å². The fourth-order valence-electron chi connectivity index (χ4n) is 13.1. The zero-order chi connectivity index (χ0) is 87.3. The van der Waals surface area contributed by atoms with Gasteiger partial charge in [-0.3, -0.25) is 24.9 Å². The number of hydrogen-bond acceptors (Lipinski definition) is 17. The van der Waals surface area contributed by atoms with Crippen molar-refractivity contribution in [2.45, 2.75) is 6.18 Å². The summed E-state index contributed by atoms with van der Waals surface area (Å²) in [6.45, 7) is 0. The highest BCUT2D eigenvalue weighted by Crippen LogP contribution is 2.42. The lowest BCUT2D eigenvalue weighted by Gasteiger charge is -2.13. The van der Waals surface area contributed by atoms with E-state index in [-0.39, 0.29) is 26.9 Å². The highest BCUT2D eigenvalue weighted by molar-refractivity contribution is 6.32.